The normalized spacial score (nSPS) is 19.2. The molecule has 0 rings (SSSR count). The van der Waals surface area contributed by atoms with Crippen molar-refractivity contribution in [3.63, 3.8) is 0 Å². The van der Waals surface area contributed by atoms with Gasteiger partial charge >= 0.3 is 39.8 Å². The molecule has 34 heavy (non-hydrogen) atoms. The molecule has 0 spiro atoms. The van der Waals surface area contributed by atoms with Crippen molar-refractivity contribution in [2.75, 3.05) is 0 Å². The van der Waals surface area contributed by atoms with Crippen molar-refractivity contribution < 1.29 is 66.0 Å². The van der Waals surface area contributed by atoms with Gasteiger partial charge < -0.3 is 0 Å². The second-order valence-electron chi connectivity index (χ2n) is 9.25. The first-order chi connectivity index (χ1) is 14.5. The Morgan fingerprint density at radius 1 is 0.794 bits per heavy atom. The first-order valence-corrected chi connectivity index (χ1v) is 11.1. The number of alkyl halides is 11. The van der Waals surface area contributed by atoms with Crippen LogP contribution in [0.4, 0.5) is 48.3 Å². The van der Waals surface area contributed by atoms with Crippen LogP contribution in [0.5, 0.6) is 0 Å². The van der Waals surface area contributed by atoms with Gasteiger partial charge in [0.15, 0.2) is 0 Å². The average molecular weight is 548 g/mol. The van der Waals surface area contributed by atoms with E-state index in [1.54, 1.807) is 0 Å². The van der Waals surface area contributed by atoms with Gasteiger partial charge in [0.25, 0.3) is 5.85 Å². The number of ether oxygens (including phenoxy) is 1. The Morgan fingerprint density at radius 3 is 1.44 bits per heavy atom. The molecule has 0 aromatic heterocycles. The van der Waals surface area contributed by atoms with E-state index in [2.05, 4.69) is 4.74 Å². The van der Waals surface area contributed by atoms with Gasteiger partial charge in [0.2, 0.25) is 0 Å². The van der Waals surface area contributed by atoms with Gasteiger partial charge in [-0.05, 0) is 12.8 Å². The van der Waals surface area contributed by atoms with Gasteiger partial charge in [-0.1, -0.05) is 48.5 Å². The second-order valence-corrected chi connectivity index (χ2v) is 10.7. The van der Waals surface area contributed by atoms with Crippen LogP contribution < -0.4 is 0 Å². The summed E-state index contributed by atoms with van der Waals surface area (Å²) in [5, 5.41) is -6.66. The number of rotatable bonds is 12. The molecule has 0 aliphatic carbocycles. The maximum absolute atomic E-state index is 16.1. The number of hydrogen-bond acceptors (Lipinski definition) is 3. The van der Waals surface area contributed by atoms with E-state index >= 15 is 13.2 Å². The zero-order valence-electron chi connectivity index (χ0n) is 19.2. The Hall–Kier alpha value is -0.900. The van der Waals surface area contributed by atoms with Crippen molar-refractivity contribution >= 4 is 10.1 Å². The number of halogens is 11. The summed E-state index contributed by atoms with van der Waals surface area (Å²) in [6.07, 6.45) is -13.4. The molecule has 0 radical (unpaired) electrons. The third-order valence-electron chi connectivity index (χ3n) is 6.98. The molecule has 0 saturated heterocycles. The van der Waals surface area contributed by atoms with E-state index in [0.29, 0.717) is 20.8 Å². The van der Waals surface area contributed by atoms with Crippen LogP contribution in [0, 0.1) is 16.2 Å². The summed E-state index contributed by atoms with van der Waals surface area (Å²) < 4.78 is 191. The summed E-state index contributed by atoms with van der Waals surface area (Å²) in [4.78, 5) is 0. The molecular weight excluding hydrogens is 521 g/mol. The fourth-order valence-corrected chi connectivity index (χ4v) is 3.63. The number of hydrogen-bond donors (Lipinski definition) is 1. The lowest BCUT2D eigenvalue weighted by atomic mass is 9.55. The highest BCUT2D eigenvalue weighted by Gasteiger charge is 2.81. The largest absolute Gasteiger partial charge is 0.460 e. The van der Waals surface area contributed by atoms with Crippen molar-refractivity contribution in [3.8, 4) is 0 Å². The molecule has 16 heteroatoms. The summed E-state index contributed by atoms with van der Waals surface area (Å²) in [7, 11) is -7.07. The van der Waals surface area contributed by atoms with Crippen LogP contribution in [0.2, 0.25) is 0 Å². The monoisotopic (exact) mass is 548 g/mol. The van der Waals surface area contributed by atoms with Crippen LogP contribution in [0.25, 0.3) is 0 Å². The first kappa shape index (κ1) is 33.1. The molecule has 0 aliphatic heterocycles. The van der Waals surface area contributed by atoms with Gasteiger partial charge in [0.1, 0.15) is 0 Å². The predicted octanol–water partition coefficient (Wildman–Crippen LogP) is 7.16. The maximum Gasteiger partial charge on any atom is 0.460 e. The molecule has 0 amide bonds. The first-order valence-electron chi connectivity index (χ1n) is 9.68. The molecule has 0 fully saturated rings. The molecule has 2 atom stereocenters. The Kier molecular flexibility index (Phi) is 8.65. The van der Waals surface area contributed by atoms with E-state index in [0.717, 1.165) is 6.92 Å². The fourth-order valence-electron chi connectivity index (χ4n) is 3.29. The Bertz CT molecular complexity index is 843. The molecule has 0 aromatic carbocycles. The Labute approximate surface area is 190 Å². The van der Waals surface area contributed by atoms with E-state index in [1.165, 1.54) is 0 Å². The van der Waals surface area contributed by atoms with E-state index in [4.69, 9.17) is 4.55 Å². The quantitative estimate of drug-likeness (QED) is 0.208. The van der Waals surface area contributed by atoms with E-state index in [-0.39, 0.29) is 20.8 Å². The minimum Gasteiger partial charge on any atom is -0.281 e. The summed E-state index contributed by atoms with van der Waals surface area (Å²) >= 11 is 0. The Morgan fingerprint density at radius 2 is 1.18 bits per heavy atom. The lowest BCUT2D eigenvalue weighted by Crippen LogP contribution is -2.71. The molecule has 0 heterocycles. The van der Waals surface area contributed by atoms with Gasteiger partial charge in [-0.25, -0.2) is 13.2 Å². The summed E-state index contributed by atoms with van der Waals surface area (Å²) in [6.45, 7) is 3.04. The van der Waals surface area contributed by atoms with E-state index in [1.807, 2.05) is 0 Å². The van der Waals surface area contributed by atoms with Crippen molar-refractivity contribution in [1.29, 1.82) is 0 Å². The van der Waals surface area contributed by atoms with E-state index in [9.17, 15) is 43.5 Å². The smallest absolute Gasteiger partial charge is 0.281 e. The van der Waals surface area contributed by atoms with Gasteiger partial charge in [0.05, 0.1) is 0 Å². The van der Waals surface area contributed by atoms with Crippen LogP contribution in [0.3, 0.4) is 0 Å². The van der Waals surface area contributed by atoms with Crippen molar-refractivity contribution in [3.05, 3.63) is 0 Å². The highest BCUT2D eigenvalue weighted by atomic mass is 32.2. The van der Waals surface area contributed by atoms with Crippen LogP contribution in [-0.2, 0) is 14.9 Å². The summed E-state index contributed by atoms with van der Waals surface area (Å²) in [5.41, 5.74) is -10.2. The minimum atomic E-state index is -7.07. The zero-order chi connectivity index (χ0) is 28.2. The van der Waals surface area contributed by atoms with Crippen LogP contribution in [0.1, 0.15) is 61.3 Å². The van der Waals surface area contributed by atoms with Gasteiger partial charge in [-0.15, -0.1) is 0 Å². The van der Waals surface area contributed by atoms with Gasteiger partial charge in [0, 0.05) is 16.2 Å². The predicted molar refractivity (Wildman–Crippen MR) is 98.5 cm³/mol. The maximum atomic E-state index is 16.1. The average Bonchev–Trinajstić information content (AvgIpc) is 2.64. The van der Waals surface area contributed by atoms with E-state index < -0.39 is 74.7 Å². The van der Waals surface area contributed by atoms with Crippen LogP contribution in [-0.4, -0.2) is 48.5 Å². The summed E-state index contributed by atoms with van der Waals surface area (Å²) in [5.74, 6) is -16.3. The molecule has 0 bridgehead atoms. The molecular formula is C18H27F11O4S. The SMILES string of the molecule is CCC(C)(C)C(F)(OC(F)(F)C(F)(F)S(=O)(=O)O)C(F)(F)C(C)(CC)C(C)(C)C(F)(F)C(F)F. The lowest BCUT2D eigenvalue weighted by molar-refractivity contribution is -0.464. The fraction of sp³-hybridized carbons (Fsp3) is 1.00. The molecule has 0 saturated carbocycles. The zero-order valence-corrected chi connectivity index (χ0v) is 20.0. The topological polar surface area (TPSA) is 63.6 Å². The van der Waals surface area contributed by atoms with Gasteiger partial charge in [-0.3, -0.25) is 9.29 Å². The summed E-state index contributed by atoms with van der Waals surface area (Å²) in [6, 6.07) is 0. The highest BCUT2D eigenvalue weighted by Crippen LogP contribution is 2.67. The third kappa shape index (κ3) is 4.39. The van der Waals surface area contributed by atoms with Crippen molar-refractivity contribution in [2.45, 2.75) is 96.8 Å². The van der Waals surface area contributed by atoms with Gasteiger partial charge in [-0.2, -0.15) is 43.5 Å². The molecule has 1 N–H and O–H groups in total. The molecule has 206 valence electrons. The van der Waals surface area contributed by atoms with Crippen molar-refractivity contribution in [1.82, 2.24) is 0 Å². The third-order valence-corrected chi connectivity index (χ3v) is 7.86. The molecule has 2 unspecified atom stereocenters. The Balaban J connectivity index is 7.40. The second kappa shape index (κ2) is 8.89. The van der Waals surface area contributed by atoms with Crippen molar-refractivity contribution in [2.24, 2.45) is 16.2 Å². The van der Waals surface area contributed by atoms with Crippen LogP contribution >= 0.6 is 0 Å². The molecule has 4 nitrogen and oxygen atoms in total. The minimum absolute atomic E-state index is 0.159. The van der Waals surface area contributed by atoms with Crippen LogP contribution in [0.15, 0.2) is 0 Å². The molecule has 0 aromatic rings. The standard InChI is InChI=1S/C18H27F11O4S/c1-8-11(3,4)16(25,33-17(26,27)18(28,29)34(30,31)32)15(23,24)13(7,9-2)12(5,6)14(21,22)10(19)20/h10H,8-9H2,1-7H3,(H,30,31,32). The molecule has 0 aliphatic rings. The lowest BCUT2D eigenvalue weighted by Gasteiger charge is -2.57. The highest BCUT2D eigenvalue weighted by molar-refractivity contribution is 7.86.